The first kappa shape index (κ1) is 18.0. The summed E-state index contributed by atoms with van der Waals surface area (Å²) in [6.07, 6.45) is 2.15. The van der Waals surface area contributed by atoms with Crippen LogP contribution in [0.25, 0.3) is 0 Å². The van der Waals surface area contributed by atoms with Gasteiger partial charge >= 0.3 is 0 Å². The quantitative estimate of drug-likeness (QED) is 0.731. The Labute approximate surface area is 129 Å². The maximum atomic E-state index is 6.41. The van der Waals surface area contributed by atoms with E-state index >= 15 is 0 Å². The molecule has 0 saturated heterocycles. The van der Waals surface area contributed by atoms with Crippen molar-refractivity contribution in [1.29, 1.82) is 0 Å². The number of methoxy groups -OCH3 is 1. The molecule has 2 atom stereocenters. The number of hydrogen-bond acceptors (Lipinski definition) is 3. The lowest BCUT2D eigenvalue weighted by atomic mass is 9.82. The fourth-order valence-electron chi connectivity index (χ4n) is 2.84. The third-order valence-corrected chi connectivity index (χ3v) is 3.48. The van der Waals surface area contributed by atoms with E-state index in [1.807, 2.05) is 18.2 Å². The lowest BCUT2D eigenvalue weighted by molar-refractivity contribution is 0.145. The van der Waals surface area contributed by atoms with Gasteiger partial charge in [-0.3, -0.25) is 0 Å². The van der Waals surface area contributed by atoms with Gasteiger partial charge in [-0.1, -0.05) is 45.9 Å². The van der Waals surface area contributed by atoms with Gasteiger partial charge in [-0.25, -0.2) is 0 Å². The van der Waals surface area contributed by atoms with Crippen molar-refractivity contribution in [2.45, 2.75) is 46.6 Å². The fraction of sp³-hybridized carbons (Fsp3) is 0.667. The van der Waals surface area contributed by atoms with Crippen LogP contribution in [0.4, 0.5) is 0 Å². The SMILES string of the molecule is COCCOc1ccccc1C(N)CC(C)CC(C)(C)C. The average molecular weight is 293 g/mol. The zero-order valence-corrected chi connectivity index (χ0v) is 14.2. The highest BCUT2D eigenvalue weighted by Crippen LogP contribution is 2.32. The molecule has 0 saturated carbocycles. The summed E-state index contributed by atoms with van der Waals surface area (Å²) in [5, 5.41) is 0. The summed E-state index contributed by atoms with van der Waals surface area (Å²) in [6, 6.07) is 8.07. The largest absolute Gasteiger partial charge is 0.491 e. The van der Waals surface area contributed by atoms with Crippen LogP contribution in [0.3, 0.4) is 0 Å². The minimum absolute atomic E-state index is 0.0149. The van der Waals surface area contributed by atoms with Gasteiger partial charge in [-0.15, -0.1) is 0 Å². The van der Waals surface area contributed by atoms with Crippen LogP contribution in [0.2, 0.25) is 0 Å². The van der Waals surface area contributed by atoms with Gasteiger partial charge in [0.05, 0.1) is 6.61 Å². The maximum absolute atomic E-state index is 6.41. The van der Waals surface area contributed by atoms with E-state index in [9.17, 15) is 0 Å². The minimum Gasteiger partial charge on any atom is -0.491 e. The smallest absolute Gasteiger partial charge is 0.124 e. The Morgan fingerprint density at radius 1 is 1.14 bits per heavy atom. The molecule has 0 heterocycles. The molecule has 0 spiro atoms. The van der Waals surface area contributed by atoms with E-state index < -0.39 is 0 Å². The molecule has 1 rings (SSSR count). The van der Waals surface area contributed by atoms with Crippen LogP contribution in [0.15, 0.2) is 24.3 Å². The maximum Gasteiger partial charge on any atom is 0.124 e. The molecule has 3 heteroatoms. The summed E-state index contributed by atoms with van der Waals surface area (Å²) in [5.74, 6) is 1.47. The molecule has 0 aliphatic heterocycles. The molecule has 0 aliphatic carbocycles. The fourth-order valence-corrected chi connectivity index (χ4v) is 2.84. The molecule has 0 aromatic heterocycles. The molecular weight excluding hydrogens is 262 g/mol. The van der Waals surface area contributed by atoms with Crippen molar-refractivity contribution in [2.24, 2.45) is 17.1 Å². The normalized spacial score (nSPS) is 14.8. The molecule has 0 radical (unpaired) electrons. The highest BCUT2D eigenvalue weighted by molar-refractivity contribution is 5.35. The molecular formula is C18H31NO2. The predicted octanol–water partition coefficient (Wildman–Crippen LogP) is 4.17. The first-order valence-electron chi connectivity index (χ1n) is 7.79. The number of para-hydroxylation sites is 1. The summed E-state index contributed by atoms with van der Waals surface area (Å²) >= 11 is 0. The Hall–Kier alpha value is -1.06. The van der Waals surface area contributed by atoms with Gasteiger partial charge in [-0.2, -0.15) is 0 Å². The van der Waals surface area contributed by atoms with Crippen LogP contribution in [0.1, 0.15) is 52.1 Å². The van der Waals surface area contributed by atoms with Crippen molar-refractivity contribution >= 4 is 0 Å². The van der Waals surface area contributed by atoms with Gasteiger partial charge in [-0.05, 0) is 30.2 Å². The molecule has 0 amide bonds. The van der Waals surface area contributed by atoms with E-state index in [-0.39, 0.29) is 6.04 Å². The monoisotopic (exact) mass is 293 g/mol. The predicted molar refractivity (Wildman–Crippen MR) is 88.6 cm³/mol. The van der Waals surface area contributed by atoms with Crippen LogP contribution in [0, 0.1) is 11.3 Å². The van der Waals surface area contributed by atoms with Gasteiger partial charge in [0.25, 0.3) is 0 Å². The highest BCUT2D eigenvalue weighted by atomic mass is 16.5. The molecule has 21 heavy (non-hydrogen) atoms. The summed E-state index contributed by atoms with van der Waals surface area (Å²) in [7, 11) is 1.68. The second-order valence-corrected chi connectivity index (χ2v) is 7.09. The van der Waals surface area contributed by atoms with Crippen LogP contribution in [-0.2, 0) is 4.74 Å². The molecule has 2 unspecified atom stereocenters. The van der Waals surface area contributed by atoms with Gasteiger partial charge in [0, 0.05) is 18.7 Å². The second kappa shape index (κ2) is 8.40. The Bertz CT molecular complexity index is 412. The second-order valence-electron chi connectivity index (χ2n) is 7.09. The third kappa shape index (κ3) is 6.96. The standard InChI is InChI=1S/C18H31NO2/c1-14(13-18(2,3)4)12-16(19)15-8-6-7-9-17(15)21-11-10-20-5/h6-9,14,16H,10-13,19H2,1-5H3. The first-order valence-corrected chi connectivity index (χ1v) is 7.79. The number of ether oxygens (including phenoxy) is 2. The summed E-state index contributed by atoms with van der Waals surface area (Å²) in [4.78, 5) is 0. The number of rotatable bonds is 8. The number of nitrogens with two attached hydrogens (primary N) is 1. The topological polar surface area (TPSA) is 44.5 Å². The van der Waals surface area contributed by atoms with E-state index in [1.165, 1.54) is 6.42 Å². The lowest BCUT2D eigenvalue weighted by Crippen LogP contribution is -2.19. The van der Waals surface area contributed by atoms with E-state index in [0.717, 1.165) is 17.7 Å². The molecule has 0 aliphatic rings. The molecule has 3 nitrogen and oxygen atoms in total. The van der Waals surface area contributed by atoms with Crippen molar-refractivity contribution in [2.75, 3.05) is 20.3 Å². The molecule has 120 valence electrons. The lowest BCUT2D eigenvalue weighted by Gasteiger charge is -2.26. The zero-order chi connectivity index (χ0) is 15.9. The van der Waals surface area contributed by atoms with E-state index in [4.69, 9.17) is 15.2 Å². The Morgan fingerprint density at radius 2 is 1.81 bits per heavy atom. The number of hydrogen-bond donors (Lipinski definition) is 1. The molecule has 0 fully saturated rings. The molecule has 1 aromatic carbocycles. The highest BCUT2D eigenvalue weighted by Gasteiger charge is 2.19. The van der Waals surface area contributed by atoms with E-state index in [2.05, 4.69) is 33.8 Å². The van der Waals surface area contributed by atoms with Crippen molar-refractivity contribution in [3.05, 3.63) is 29.8 Å². The van der Waals surface area contributed by atoms with E-state index in [1.54, 1.807) is 7.11 Å². The molecule has 2 N–H and O–H groups in total. The zero-order valence-electron chi connectivity index (χ0n) is 14.2. The van der Waals surface area contributed by atoms with Gasteiger partial charge in [0.2, 0.25) is 0 Å². The summed E-state index contributed by atoms with van der Waals surface area (Å²) in [5.41, 5.74) is 7.84. The first-order chi connectivity index (χ1) is 9.83. The van der Waals surface area contributed by atoms with Gasteiger partial charge < -0.3 is 15.2 Å². The molecule has 1 aromatic rings. The van der Waals surface area contributed by atoms with Gasteiger partial charge in [0.1, 0.15) is 12.4 Å². The van der Waals surface area contributed by atoms with Crippen molar-refractivity contribution < 1.29 is 9.47 Å². The summed E-state index contributed by atoms with van der Waals surface area (Å²) < 4.78 is 10.8. The van der Waals surface area contributed by atoms with Crippen LogP contribution >= 0.6 is 0 Å². The van der Waals surface area contributed by atoms with Crippen LogP contribution in [0.5, 0.6) is 5.75 Å². The third-order valence-electron chi connectivity index (χ3n) is 3.48. The number of benzene rings is 1. The van der Waals surface area contributed by atoms with Crippen molar-refractivity contribution in [3.8, 4) is 5.75 Å². The molecule has 0 bridgehead atoms. The van der Waals surface area contributed by atoms with Crippen molar-refractivity contribution in [1.82, 2.24) is 0 Å². The Kier molecular flexibility index (Phi) is 7.20. The van der Waals surface area contributed by atoms with Crippen molar-refractivity contribution in [3.63, 3.8) is 0 Å². The van der Waals surface area contributed by atoms with Gasteiger partial charge in [0.15, 0.2) is 0 Å². The van der Waals surface area contributed by atoms with Crippen LogP contribution in [-0.4, -0.2) is 20.3 Å². The average Bonchev–Trinajstić information content (AvgIpc) is 2.37. The van der Waals surface area contributed by atoms with E-state index in [0.29, 0.717) is 24.5 Å². The minimum atomic E-state index is 0.0149. The Morgan fingerprint density at radius 3 is 2.43 bits per heavy atom. The summed E-state index contributed by atoms with van der Waals surface area (Å²) in [6.45, 7) is 10.2. The van der Waals surface area contributed by atoms with Crippen LogP contribution < -0.4 is 10.5 Å². The Balaban J connectivity index is 2.66.